The molecule has 26 heavy (non-hydrogen) atoms. The van der Waals surface area contributed by atoms with Crippen LogP contribution < -0.4 is 9.47 Å². The molecular weight excluding hydrogens is 332 g/mol. The second kappa shape index (κ2) is 6.52. The van der Waals surface area contributed by atoms with Gasteiger partial charge in [-0.2, -0.15) is 5.26 Å². The van der Waals surface area contributed by atoms with E-state index in [2.05, 4.69) is 4.98 Å². The molecule has 0 spiro atoms. The van der Waals surface area contributed by atoms with Crippen LogP contribution in [0.2, 0.25) is 0 Å². The molecule has 1 aliphatic rings. The van der Waals surface area contributed by atoms with Gasteiger partial charge in [-0.1, -0.05) is 18.2 Å². The van der Waals surface area contributed by atoms with Crippen LogP contribution in [0.3, 0.4) is 0 Å². The van der Waals surface area contributed by atoms with Crippen molar-refractivity contribution in [2.75, 3.05) is 13.7 Å². The molecule has 2 unspecified atom stereocenters. The van der Waals surface area contributed by atoms with Crippen LogP contribution in [0.25, 0.3) is 11.1 Å². The van der Waals surface area contributed by atoms with E-state index in [4.69, 9.17) is 13.9 Å². The molecule has 1 aromatic heterocycles. The number of nitriles is 1. The lowest BCUT2D eigenvalue weighted by Crippen LogP contribution is -2.31. The zero-order valence-corrected chi connectivity index (χ0v) is 14.1. The number of para-hydroxylation sites is 2. The second-order valence-electron chi connectivity index (χ2n) is 6.17. The van der Waals surface area contributed by atoms with E-state index in [0.29, 0.717) is 29.0 Å². The molecule has 0 saturated carbocycles. The Balaban J connectivity index is 1.58. The van der Waals surface area contributed by atoms with Gasteiger partial charge in [0, 0.05) is 6.07 Å². The molecule has 0 bridgehead atoms. The lowest BCUT2D eigenvalue weighted by Gasteiger charge is -2.25. The molecule has 0 aliphatic carbocycles. The molecule has 2 aromatic carbocycles. The first-order chi connectivity index (χ1) is 12.7. The predicted octanol–water partition coefficient (Wildman–Crippen LogP) is 3.26. The molecule has 1 aliphatic heterocycles. The summed E-state index contributed by atoms with van der Waals surface area (Å²) in [6, 6.07) is 14.8. The maximum atomic E-state index is 12.9. The van der Waals surface area contributed by atoms with Crippen LogP contribution in [-0.2, 0) is 11.2 Å². The summed E-state index contributed by atoms with van der Waals surface area (Å²) in [6.45, 7) is 0.220. The van der Waals surface area contributed by atoms with Crippen LogP contribution in [0.5, 0.6) is 11.5 Å². The van der Waals surface area contributed by atoms with Crippen LogP contribution in [0, 0.1) is 17.2 Å². The van der Waals surface area contributed by atoms with Crippen LogP contribution in [0.1, 0.15) is 17.4 Å². The predicted molar refractivity (Wildman–Crippen MR) is 93.1 cm³/mol. The number of hydrogen-bond acceptors (Lipinski definition) is 6. The quantitative estimate of drug-likeness (QED) is 0.719. The van der Waals surface area contributed by atoms with Crippen molar-refractivity contribution >= 4 is 16.9 Å². The van der Waals surface area contributed by atoms with E-state index >= 15 is 0 Å². The third kappa shape index (κ3) is 2.78. The summed E-state index contributed by atoms with van der Waals surface area (Å²) in [5, 5.41) is 9.54. The molecule has 3 aromatic rings. The van der Waals surface area contributed by atoms with Gasteiger partial charge in [-0.25, -0.2) is 4.98 Å². The number of carbonyl (C=O) groups excluding carboxylic acids is 1. The third-order valence-corrected chi connectivity index (χ3v) is 4.55. The minimum atomic E-state index is -1.05. The Bertz CT molecular complexity index is 985. The fraction of sp³-hybridized carbons (Fsp3) is 0.250. The summed E-state index contributed by atoms with van der Waals surface area (Å²) in [4.78, 5) is 17.2. The van der Waals surface area contributed by atoms with Crippen LogP contribution in [-0.4, -0.2) is 24.5 Å². The molecule has 0 N–H and O–H groups in total. The zero-order chi connectivity index (χ0) is 18.1. The SMILES string of the molecule is COc1ccc2c(c1)OCC(C(=O)C(C#N)c1nc3ccccc3o1)C2. The summed E-state index contributed by atoms with van der Waals surface area (Å²) in [5.41, 5.74) is 2.12. The number of ketones is 1. The van der Waals surface area contributed by atoms with E-state index in [1.807, 2.05) is 30.3 Å². The van der Waals surface area contributed by atoms with E-state index in [0.717, 1.165) is 5.56 Å². The lowest BCUT2D eigenvalue weighted by molar-refractivity contribution is -0.124. The Morgan fingerprint density at radius 2 is 2.19 bits per heavy atom. The van der Waals surface area contributed by atoms with Gasteiger partial charge in [0.1, 0.15) is 17.0 Å². The smallest absolute Gasteiger partial charge is 0.220 e. The minimum Gasteiger partial charge on any atom is -0.497 e. The van der Waals surface area contributed by atoms with Crippen molar-refractivity contribution in [1.29, 1.82) is 5.26 Å². The molecular formula is C20H16N2O4. The van der Waals surface area contributed by atoms with E-state index in [9.17, 15) is 10.1 Å². The summed E-state index contributed by atoms with van der Waals surface area (Å²) in [5.74, 6) is -0.148. The number of hydrogen-bond donors (Lipinski definition) is 0. The van der Waals surface area contributed by atoms with Gasteiger partial charge in [-0.05, 0) is 30.2 Å². The van der Waals surface area contributed by atoms with Gasteiger partial charge in [0.2, 0.25) is 5.89 Å². The molecule has 4 rings (SSSR count). The maximum absolute atomic E-state index is 12.9. The minimum absolute atomic E-state index is 0.138. The van der Waals surface area contributed by atoms with Crippen LogP contribution in [0.4, 0.5) is 0 Å². The summed E-state index contributed by atoms with van der Waals surface area (Å²) >= 11 is 0. The van der Waals surface area contributed by atoms with Crippen molar-refractivity contribution in [1.82, 2.24) is 4.98 Å². The standard InChI is InChI=1S/C20H16N2O4/c1-24-14-7-6-12-8-13(11-25-18(12)9-14)19(23)15(10-21)20-22-16-4-2-3-5-17(16)26-20/h2-7,9,13,15H,8,11H2,1H3. The summed E-state index contributed by atoms with van der Waals surface area (Å²) in [7, 11) is 1.59. The van der Waals surface area contributed by atoms with Crippen LogP contribution in [0.15, 0.2) is 46.9 Å². The molecule has 0 saturated heterocycles. The molecule has 2 heterocycles. The highest BCUT2D eigenvalue weighted by atomic mass is 16.5. The number of benzene rings is 2. The number of carbonyl (C=O) groups is 1. The molecule has 0 amide bonds. The molecule has 0 fully saturated rings. The number of aromatic nitrogens is 1. The average molecular weight is 348 g/mol. The maximum Gasteiger partial charge on any atom is 0.220 e. The third-order valence-electron chi connectivity index (χ3n) is 4.55. The summed E-state index contributed by atoms with van der Waals surface area (Å²) < 4.78 is 16.5. The van der Waals surface area contributed by atoms with Crippen molar-refractivity contribution in [3.63, 3.8) is 0 Å². The average Bonchev–Trinajstić information content (AvgIpc) is 3.11. The van der Waals surface area contributed by atoms with Gasteiger partial charge in [0.05, 0.1) is 25.7 Å². The van der Waals surface area contributed by atoms with Gasteiger partial charge < -0.3 is 13.9 Å². The van der Waals surface area contributed by atoms with Gasteiger partial charge in [-0.3, -0.25) is 4.79 Å². The lowest BCUT2D eigenvalue weighted by atomic mass is 9.87. The van der Waals surface area contributed by atoms with E-state index in [1.165, 1.54) is 0 Å². The number of fused-ring (bicyclic) bond motifs is 2. The molecule has 6 nitrogen and oxygen atoms in total. The van der Waals surface area contributed by atoms with Gasteiger partial charge in [0.15, 0.2) is 17.3 Å². The van der Waals surface area contributed by atoms with Crippen LogP contribution >= 0.6 is 0 Å². The number of methoxy groups -OCH3 is 1. The first-order valence-corrected chi connectivity index (χ1v) is 8.28. The highest BCUT2D eigenvalue weighted by molar-refractivity contribution is 5.90. The zero-order valence-electron chi connectivity index (χ0n) is 14.1. The largest absolute Gasteiger partial charge is 0.497 e. The molecule has 0 radical (unpaired) electrons. The molecule has 6 heteroatoms. The number of rotatable bonds is 4. The van der Waals surface area contributed by atoms with E-state index in [1.54, 1.807) is 25.3 Å². The fourth-order valence-corrected chi connectivity index (χ4v) is 3.15. The first-order valence-electron chi connectivity index (χ1n) is 8.28. The highest BCUT2D eigenvalue weighted by Gasteiger charge is 2.35. The van der Waals surface area contributed by atoms with Crippen molar-refractivity contribution in [2.45, 2.75) is 12.3 Å². The Morgan fingerprint density at radius 1 is 1.35 bits per heavy atom. The fourth-order valence-electron chi connectivity index (χ4n) is 3.15. The first kappa shape index (κ1) is 16.2. The van der Waals surface area contributed by atoms with Gasteiger partial charge >= 0.3 is 0 Å². The topological polar surface area (TPSA) is 85.4 Å². The second-order valence-corrected chi connectivity index (χ2v) is 6.17. The Kier molecular flexibility index (Phi) is 4.05. The number of Topliss-reactive ketones (excluding diaryl/α,β-unsaturated/α-hetero) is 1. The Labute approximate surface area is 150 Å². The monoisotopic (exact) mass is 348 g/mol. The van der Waals surface area contributed by atoms with Crippen molar-refractivity contribution in [3.8, 4) is 17.6 Å². The number of nitrogens with zero attached hydrogens (tertiary/aromatic N) is 2. The van der Waals surface area contributed by atoms with Gasteiger partial charge in [0.25, 0.3) is 0 Å². The van der Waals surface area contributed by atoms with Crippen molar-refractivity contribution in [3.05, 3.63) is 53.9 Å². The van der Waals surface area contributed by atoms with E-state index < -0.39 is 11.8 Å². The van der Waals surface area contributed by atoms with Crippen molar-refractivity contribution < 1.29 is 18.7 Å². The van der Waals surface area contributed by atoms with Crippen molar-refractivity contribution in [2.24, 2.45) is 5.92 Å². The Hall–Kier alpha value is -3.33. The number of ether oxygens (including phenoxy) is 2. The number of oxazole rings is 1. The molecule has 130 valence electrons. The summed E-state index contributed by atoms with van der Waals surface area (Å²) in [6.07, 6.45) is 0.510. The normalized spacial score (nSPS) is 17.0. The Morgan fingerprint density at radius 3 is 2.96 bits per heavy atom. The molecule has 2 atom stereocenters. The highest BCUT2D eigenvalue weighted by Crippen LogP contribution is 2.33. The van der Waals surface area contributed by atoms with E-state index in [-0.39, 0.29) is 18.3 Å². The van der Waals surface area contributed by atoms with Gasteiger partial charge in [-0.15, -0.1) is 0 Å².